The van der Waals surface area contributed by atoms with Gasteiger partial charge in [0.05, 0.1) is 5.25 Å². The molecule has 4 nitrogen and oxygen atoms in total. The predicted octanol–water partition coefficient (Wildman–Crippen LogP) is 3.55. The molecule has 1 saturated heterocycles. The Morgan fingerprint density at radius 2 is 1.90 bits per heavy atom. The zero-order chi connectivity index (χ0) is 14.4. The highest BCUT2D eigenvalue weighted by atomic mass is 32.2. The predicted molar refractivity (Wildman–Crippen MR) is 80.7 cm³/mol. The Labute approximate surface area is 124 Å². The fourth-order valence-electron chi connectivity index (χ4n) is 2.73. The Balaban J connectivity index is 1.68. The Kier molecular flexibility index (Phi) is 6.07. The van der Waals surface area contributed by atoms with Gasteiger partial charge in [-0.15, -0.1) is 0 Å². The number of amides is 1. The van der Waals surface area contributed by atoms with Crippen molar-refractivity contribution in [1.82, 2.24) is 4.31 Å². The zero-order valence-electron chi connectivity index (χ0n) is 12.3. The molecule has 0 spiro atoms. The summed E-state index contributed by atoms with van der Waals surface area (Å²) in [6.07, 6.45) is 13.2. The molecule has 0 aliphatic carbocycles. The first kappa shape index (κ1) is 15.5. The molecule has 2 rings (SSSR count). The summed E-state index contributed by atoms with van der Waals surface area (Å²) in [5, 5.41) is -0.0208. The third-order valence-corrected chi connectivity index (χ3v) is 5.67. The van der Waals surface area contributed by atoms with Gasteiger partial charge in [0.2, 0.25) is 0 Å². The van der Waals surface area contributed by atoms with E-state index in [0.29, 0.717) is 6.61 Å². The van der Waals surface area contributed by atoms with Crippen molar-refractivity contribution >= 4 is 17.1 Å². The minimum Gasteiger partial charge on any atom is -0.446 e. The lowest BCUT2D eigenvalue weighted by atomic mass is 10.1. The fourth-order valence-corrected chi connectivity index (χ4v) is 4.21. The number of rotatable bonds is 8. The van der Waals surface area contributed by atoms with Gasteiger partial charge in [0.1, 0.15) is 23.6 Å². The smallest absolute Gasteiger partial charge is 0.422 e. The Hall–Kier alpha value is -0.840. The Bertz CT molecular complexity index is 383. The van der Waals surface area contributed by atoms with Crippen LogP contribution in [-0.4, -0.2) is 32.5 Å². The van der Waals surface area contributed by atoms with Crippen LogP contribution in [0.2, 0.25) is 0 Å². The largest absolute Gasteiger partial charge is 0.446 e. The fraction of sp³-hybridized carbons (Fsp3) is 0.800. The SMILES string of the molecule is CCCCCCCCCC1C=CC2COC(=O)N2S1=O. The topological polar surface area (TPSA) is 46.6 Å². The van der Waals surface area contributed by atoms with E-state index in [-0.39, 0.29) is 11.3 Å². The van der Waals surface area contributed by atoms with Gasteiger partial charge in [-0.05, 0) is 6.42 Å². The second-order valence-corrected chi connectivity index (χ2v) is 7.13. The molecule has 2 aliphatic rings. The number of fused-ring (bicyclic) bond motifs is 1. The van der Waals surface area contributed by atoms with Crippen LogP contribution in [0.15, 0.2) is 12.2 Å². The first-order chi connectivity index (χ1) is 9.74. The summed E-state index contributed by atoms with van der Waals surface area (Å²) in [7, 11) is -1.25. The molecule has 0 bridgehead atoms. The van der Waals surface area contributed by atoms with Crippen molar-refractivity contribution in [3.8, 4) is 0 Å². The van der Waals surface area contributed by atoms with E-state index in [0.717, 1.165) is 12.8 Å². The lowest BCUT2D eigenvalue weighted by molar-refractivity contribution is 0.170. The Morgan fingerprint density at radius 1 is 1.20 bits per heavy atom. The van der Waals surface area contributed by atoms with Gasteiger partial charge in [0.15, 0.2) is 0 Å². The highest BCUT2D eigenvalue weighted by Gasteiger charge is 2.40. The van der Waals surface area contributed by atoms with E-state index in [1.165, 1.54) is 42.8 Å². The van der Waals surface area contributed by atoms with E-state index in [1.54, 1.807) is 0 Å². The molecule has 0 radical (unpaired) electrons. The molecule has 0 aromatic rings. The van der Waals surface area contributed by atoms with Crippen molar-refractivity contribution in [3.63, 3.8) is 0 Å². The molecule has 2 aliphatic heterocycles. The number of ether oxygens (including phenoxy) is 1. The quantitative estimate of drug-likeness (QED) is 0.508. The van der Waals surface area contributed by atoms with Gasteiger partial charge < -0.3 is 4.74 Å². The third kappa shape index (κ3) is 3.84. The maximum absolute atomic E-state index is 12.3. The van der Waals surface area contributed by atoms with Crippen molar-refractivity contribution < 1.29 is 13.7 Å². The number of carbonyl (C=O) groups excluding carboxylic acids is 1. The molecule has 20 heavy (non-hydrogen) atoms. The van der Waals surface area contributed by atoms with E-state index in [2.05, 4.69) is 6.92 Å². The van der Waals surface area contributed by atoms with Gasteiger partial charge in [0.25, 0.3) is 0 Å². The van der Waals surface area contributed by atoms with Crippen LogP contribution in [0, 0.1) is 0 Å². The standard InChI is InChI=1S/C15H25NO3S/c1-2-3-4-5-6-7-8-9-14-11-10-13-12-19-15(17)16(13)20(14)18/h10-11,13-14H,2-9,12H2,1H3. The van der Waals surface area contributed by atoms with Gasteiger partial charge in [-0.1, -0.05) is 64.0 Å². The van der Waals surface area contributed by atoms with E-state index >= 15 is 0 Å². The summed E-state index contributed by atoms with van der Waals surface area (Å²) in [5.74, 6) is 0. The van der Waals surface area contributed by atoms with Crippen LogP contribution in [0.1, 0.15) is 58.3 Å². The van der Waals surface area contributed by atoms with Crippen LogP contribution in [0.3, 0.4) is 0 Å². The van der Waals surface area contributed by atoms with Gasteiger partial charge in [-0.25, -0.2) is 13.3 Å². The molecule has 1 fully saturated rings. The zero-order valence-corrected chi connectivity index (χ0v) is 13.1. The second-order valence-electron chi connectivity index (χ2n) is 5.58. The third-order valence-electron chi connectivity index (χ3n) is 3.95. The first-order valence-corrected chi connectivity index (χ1v) is 8.96. The van der Waals surface area contributed by atoms with Crippen LogP contribution in [0.25, 0.3) is 0 Å². The van der Waals surface area contributed by atoms with Crippen molar-refractivity contribution in [2.75, 3.05) is 6.61 Å². The summed E-state index contributed by atoms with van der Waals surface area (Å²) >= 11 is 0. The normalized spacial score (nSPS) is 28.6. The number of carbonyl (C=O) groups is 1. The van der Waals surface area contributed by atoms with Crippen molar-refractivity contribution in [1.29, 1.82) is 0 Å². The summed E-state index contributed by atoms with van der Waals surface area (Å²) in [6.45, 7) is 2.56. The summed E-state index contributed by atoms with van der Waals surface area (Å²) in [6, 6.07) is -0.117. The molecule has 114 valence electrons. The maximum Gasteiger partial charge on any atom is 0.422 e. The number of cyclic esters (lactones) is 1. The minimum absolute atomic E-state index is 0.0208. The van der Waals surface area contributed by atoms with E-state index in [9.17, 15) is 9.00 Å². The van der Waals surface area contributed by atoms with Crippen LogP contribution in [0.4, 0.5) is 4.79 Å². The first-order valence-electron chi connectivity index (χ1n) is 7.79. The second kappa shape index (κ2) is 7.81. The maximum atomic E-state index is 12.3. The molecule has 5 heteroatoms. The molecular formula is C15H25NO3S. The summed E-state index contributed by atoms with van der Waals surface area (Å²) < 4.78 is 18.6. The average molecular weight is 299 g/mol. The lowest BCUT2D eigenvalue weighted by Crippen LogP contribution is -2.41. The highest BCUT2D eigenvalue weighted by molar-refractivity contribution is 7.84. The number of unbranched alkanes of at least 4 members (excludes halogenated alkanes) is 6. The van der Waals surface area contributed by atoms with Crippen molar-refractivity contribution in [2.24, 2.45) is 0 Å². The molecule has 3 atom stereocenters. The van der Waals surface area contributed by atoms with Gasteiger partial charge in [-0.2, -0.15) is 0 Å². The van der Waals surface area contributed by atoms with E-state index in [1.807, 2.05) is 12.2 Å². The molecule has 0 aromatic carbocycles. The average Bonchev–Trinajstić information content (AvgIpc) is 2.82. The van der Waals surface area contributed by atoms with Gasteiger partial charge in [0, 0.05) is 0 Å². The molecular weight excluding hydrogens is 274 g/mol. The van der Waals surface area contributed by atoms with Gasteiger partial charge in [-0.3, -0.25) is 0 Å². The van der Waals surface area contributed by atoms with Crippen LogP contribution in [0.5, 0.6) is 0 Å². The number of nitrogens with zero attached hydrogens (tertiary/aromatic N) is 1. The van der Waals surface area contributed by atoms with Crippen molar-refractivity contribution in [2.45, 2.75) is 69.6 Å². The lowest BCUT2D eigenvalue weighted by Gasteiger charge is -2.26. The van der Waals surface area contributed by atoms with Crippen LogP contribution >= 0.6 is 0 Å². The van der Waals surface area contributed by atoms with E-state index < -0.39 is 17.1 Å². The number of hydrogen-bond donors (Lipinski definition) is 0. The molecule has 2 heterocycles. The van der Waals surface area contributed by atoms with E-state index in [4.69, 9.17) is 4.74 Å². The molecule has 0 aromatic heterocycles. The van der Waals surface area contributed by atoms with Gasteiger partial charge >= 0.3 is 6.09 Å². The minimum atomic E-state index is -1.25. The van der Waals surface area contributed by atoms with Crippen LogP contribution < -0.4 is 0 Å². The summed E-state index contributed by atoms with van der Waals surface area (Å²) in [4.78, 5) is 11.5. The number of hydrogen-bond acceptors (Lipinski definition) is 3. The Morgan fingerprint density at radius 3 is 2.65 bits per heavy atom. The van der Waals surface area contributed by atoms with Crippen LogP contribution in [-0.2, 0) is 15.7 Å². The van der Waals surface area contributed by atoms with Crippen molar-refractivity contribution in [3.05, 3.63) is 12.2 Å². The monoisotopic (exact) mass is 299 g/mol. The molecule has 1 amide bonds. The molecule has 0 saturated carbocycles. The highest BCUT2D eigenvalue weighted by Crippen LogP contribution is 2.26. The molecule has 0 N–H and O–H groups in total. The molecule has 3 unspecified atom stereocenters. The summed E-state index contributed by atoms with van der Waals surface area (Å²) in [5.41, 5.74) is 0.